The molecule has 0 aliphatic carbocycles. The van der Waals surface area contributed by atoms with Crippen LogP contribution in [0.4, 0.5) is 0 Å². The molecule has 0 aliphatic heterocycles. The van der Waals surface area contributed by atoms with Gasteiger partial charge in [0.05, 0.1) is 17.6 Å². The van der Waals surface area contributed by atoms with Crippen molar-refractivity contribution in [3.05, 3.63) is 29.6 Å². The smallest absolute Gasteiger partial charge is 0.272 e. The lowest BCUT2D eigenvalue weighted by Crippen LogP contribution is -2.34. The van der Waals surface area contributed by atoms with E-state index in [4.69, 9.17) is 10.5 Å². The fourth-order valence-electron chi connectivity index (χ4n) is 1.48. The minimum atomic E-state index is -0.218. The highest BCUT2D eigenvalue weighted by atomic mass is 16.2. The van der Waals surface area contributed by atoms with Crippen LogP contribution in [0.3, 0.4) is 0 Å². The summed E-state index contributed by atoms with van der Waals surface area (Å²) >= 11 is 0. The number of rotatable bonds is 4. The molecule has 1 atom stereocenters. The van der Waals surface area contributed by atoms with Crippen molar-refractivity contribution in [2.24, 2.45) is 5.92 Å². The zero-order valence-electron chi connectivity index (χ0n) is 10.4. The molecule has 0 spiro atoms. The fourth-order valence-corrected chi connectivity index (χ4v) is 1.48. The van der Waals surface area contributed by atoms with Crippen LogP contribution in [-0.2, 0) is 0 Å². The van der Waals surface area contributed by atoms with Crippen molar-refractivity contribution >= 4 is 5.91 Å². The molecule has 1 aromatic heterocycles. The van der Waals surface area contributed by atoms with Gasteiger partial charge in [-0.2, -0.15) is 10.5 Å². The van der Waals surface area contributed by atoms with Crippen molar-refractivity contribution in [1.82, 2.24) is 9.88 Å². The summed E-state index contributed by atoms with van der Waals surface area (Å²) in [6, 6.07) is 7.13. The summed E-state index contributed by atoms with van der Waals surface area (Å²) in [5.74, 6) is -0.434. The third kappa shape index (κ3) is 3.29. The Hall–Kier alpha value is -2.40. The molecular formula is C13H14N4O. The predicted octanol–water partition coefficient (Wildman–Crippen LogP) is 1.58. The quantitative estimate of drug-likeness (QED) is 0.802. The highest BCUT2D eigenvalue weighted by molar-refractivity contribution is 5.92. The number of nitrogens with zero attached hydrogens (tertiary/aromatic N) is 4. The number of pyridine rings is 1. The Morgan fingerprint density at radius 3 is 2.67 bits per heavy atom. The van der Waals surface area contributed by atoms with Gasteiger partial charge in [-0.1, -0.05) is 0 Å². The third-order valence-corrected chi connectivity index (χ3v) is 2.50. The van der Waals surface area contributed by atoms with Crippen LogP contribution < -0.4 is 0 Å². The molecule has 18 heavy (non-hydrogen) atoms. The second kappa shape index (κ2) is 6.36. The summed E-state index contributed by atoms with van der Waals surface area (Å²) in [7, 11) is 0. The van der Waals surface area contributed by atoms with E-state index in [9.17, 15) is 4.79 Å². The molecule has 0 fully saturated rings. The van der Waals surface area contributed by atoms with Crippen molar-refractivity contribution in [2.75, 3.05) is 13.1 Å². The van der Waals surface area contributed by atoms with Crippen molar-refractivity contribution in [2.45, 2.75) is 13.8 Å². The van der Waals surface area contributed by atoms with Gasteiger partial charge < -0.3 is 4.90 Å². The second-order valence-electron chi connectivity index (χ2n) is 3.92. The molecule has 0 N–H and O–H groups in total. The van der Waals surface area contributed by atoms with Gasteiger partial charge in [-0.05, 0) is 26.0 Å². The maximum atomic E-state index is 12.1. The van der Waals surface area contributed by atoms with Crippen molar-refractivity contribution in [3.8, 4) is 12.1 Å². The van der Waals surface area contributed by atoms with Gasteiger partial charge in [0.15, 0.2) is 0 Å². The monoisotopic (exact) mass is 242 g/mol. The Bertz CT molecular complexity index is 495. The van der Waals surface area contributed by atoms with Gasteiger partial charge in [0.1, 0.15) is 11.8 Å². The minimum absolute atomic E-state index is 0.215. The van der Waals surface area contributed by atoms with E-state index in [1.54, 1.807) is 17.9 Å². The van der Waals surface area contributed by atoms with Crippen molar-refractivity contribution in [3.63, 3.8) is 0 Å². The van der Waals surface area contributed by atoms with Crippen LogP contribution in [0.15, 0.2) is 18.3 Å². The Kier molecular flexibility index (Phi) is 4.83. The molecule has 1 unspecified atom stereocenters. The van der Waals surface area contributed by atoms with Gasteiger partial charge in [0.2, 0.25) is 0 Å². The molecule has 5 nitrogen and oxygen atoms in total. The molecule has 0 aliphatic rings. The van der Waals surface area contributed by atoms with Gasteiger partial charge in [-0.3, -0.25) is 4.79 Å². The molecule has 1 rings (SSSR count). The molecule has 1 amide bonds. The number of carbonyl (C=O) groups excluding carboxylic acids is 1. The average molecular weight is 242 g/mol. The Labute approximate surface area is 106 Å². The van der Waals surface area contributed by atoms with E-state index < -0.39 is 0 Å². The molecule has 0 saturated carbocycles. The van der Waals surface area contributed by atoms with Gasteiger partial charge in [0.25, 0.3) is 5.91 Å². The SMILES string of the molecule is CCN(CC(C)C#N)C(=O)c1ccc(C#N)cn1. The Morgan fingerprint density at radius 2 is 2.22 bits per heavy atom. The summed E-state index contributed by atoms with van der Waals surface area (Å²) in [5.41, 5.74) is 0.709. The fraction of sp³-hybridized carbons (Fsp3) is 0.385. The molecule has 0 saturated heterocycles. The molecular weight excluding hydrogens is 228 g/mol. The minimum Gasteiger partial charge on any atom is -0.336 e. The van der Waals surface area contributed by atoms with E-state index in [0.29, 0.717) is 24.3 Å². The Morgan fingerprint density at radius 1 is 1.50 bits per heavy atom. The number of amides is 1. The van der Waals surface area contributed by atoms with E-state index in [-0.39, 0.29) is 11.8 Å². The maximum absolute atomic E-state index is 12.1. The summed E-state index contributed by atoms with van der Waals surface area (Å²) in [6.45, 7) is 4.52. The molecule has 0 radical (unpaired) electrons. The van der Waals surface area contributed by atoms with Crippen molar-refractivity contribution < 1.29 is 4.79 Å². The highest BCUT2D eigenvalue weighted by Gasteiger charge is 2.17. The lowest BCUT2D eigenvalue weighted by Gasteiger charge is -2.21. The summed E-state index contributed by atoms with van der Waals surface area (Å²) in [4.78, 5) is 17.6. The van der Waals surface area contributed by atoms with Crippen LogP contribution in [0.2, 0.25) is 0 Å². The standard InChI is InChI=1S/C13H14N4O/c1-3-17(9-10(2)6-14)13(18)12-5-4-11(7-15)8-16-12/h4-5,8,10H,3,9H2,1-2H3. The van der Waals surface area contributed by atoms with Crippen LogP contribution in [0.25, 0.3) is 0 Å². The molecule has 1 aromatic rings. The number of carbonyl (C=O) groups is 1. The van der Waals surface area contributed by atoms with E-state index in [0.717, 1.165) is 0 Å². The third-order valence-electron chi connectivity index (χ3n) is 2.50. The Balaban J connectivity index is 2.84. The van der Waals surface area contributed by atoms with Gasteiger partial charge in [-0.15, -0.1) is 0 Å². The van der Waals surface area contributed by atoms with Crippen molar-refractivity contribution in [1.29, 1.82) is 10.5 Å². The normalized spacial score (nSPS) is 11.1. The largest absolute Gasteiger partial charge is 0.336 e. The molecule has 5 heteroatoms. The van der Waals surface area contributed by atoms with Crippen LogP contribution >= 0.6 is 0 Å². The van der Waals surface area contributed by atoms with E-state index in [1.807, 2.05) is 13.0 Å². The average Bonchev–Trinajstić information content (AvgIpc) is 2.43. The molecule has 92 valence electrons. The first-order valence-corrected chi connectivity index (χ1v) is 5.67. The summed E-state index contributed by atoms with van der Waals surface area (Å²) in [6.07, 6.45) is 1.37. The number of nitriles is 2. The van der Waals surface area contributed by atoms with Gasteiger partial charge >= 0.3 is 0 Å². The number of hydrogen-bond acceptors (Lipinski definition) is 4. The predicted molar refractivity (Wildman–Crippen MR) is 65.3 cm³/mol. The molecule has 0 aromatic carbocycles. The van der Waals surface area contributed by atoms with E-state index >= 15 is 0 Å². The van der Waals surface area contributed by atoms with Crippen LogP contribution in [-0.4, -0.2) is 28.9 Å². The summed E-state index contributed by atoms with van der Waals surface area (Å²) < 4.78 is 0. The maximum Gasteiger partial charge on any atom is 0.272 e. The first-order valence-electron chi connectivity index (χ1n) is 5.67. The first kappa shape index (κ1) is 13.7. The topological polar surface area (TPSA) is 80.8 Å². The van der Waals surface area contributed by atoms with Gasteiger partial charge in [0, 0.05) is 19.3 Å². The van der Waals surface area contributed by atoms with Crippen LogP contribution in [0.1, 0.15) is 29.9 Å². The van der Waals surface area contributed by atoms with E-state index in [1.165, 1.54) is 12.3 Å². The molecule has 0 bridgehead atoms. The highest BCUT2D eigenvalue weighted by Crippen LogP contribution is 2.06. The zero-order chi connectivity index (χ0) is 13.5. The zero-order valence-corrected chi connectivity index (χ0v) is 10.4. The van der Waals surface area contributed by atoms with Gasteiger partial charge in [-0.25, -0.2) is 4.98 Å². The number of hydrogen-bond donors (Lipinski definition) is 0. The summed E-state index contributed by atoms with van der Waals surface area (Å²) in [5, 5.41) is 17.4. The van der Waals surface area contributed by atoms with Crippen LogP contribution in [0.5, 0.6) is 0 Å². The van der Waals surface area contributed by atoms with E-state index in [2.05, 4.69) is 11.1 Å². The second-order valence-corrected chi connectivity index (χ2v) is 3.92. The first-order chi connectivity index (χ1) is 8.62. The number of aromatic nitrogens is 1. The van der Waals surface area contributed by atoms with Crippen LogP contribution in [0, 0.1) is 28.6 Å². The lowest BCUT2D eigenvalue weighted by molar-refractivity contribution is 0.0747. The molecule has 1 heterocycles. The lowest BCUT2D eigenvalue weighted by atomic mass is 10.2.